The number of nitrogens with zero attached hydrogens (tertiary/aromatic N) is 1. The van der Waals surface area contributed by atoms with Gasteiger partial charge in [0.25, 0.3) is 0 Å². The molecular weight excluding hydrogens is 597 g/mol. The second-order valence-corrected chi connectivity index (χ2v) is 8.21. The topological polar surface area (TPSA) is 172 Å². The lowest BCUT2D eigenvalue weighted by atomic mass is 10.0. The lowest BCUT2D eigenvalue weighted by molar-refractivity contribution is -0.193. The van der Waals surface area contributed by atoms with Crippen molar-refractivity contribution in [3.05, 3.63) is 78.4 Å². The molecule has 0 radical (unpaired) electrons. The van der Waals surface area contributed by atoms with Crippen LogP contribution < -0.4 is 16.4 Å². The van der Waals surface area contributed by atoms with E-state index in [0.717, 1.165) is 11.1 Å². The smallest absolute Gasteiger partial charge is 0.475 e. The lowest BCUT2D eigenvalue weighted by Crippen LogP contribution is -2.37. The van der Waals surface area contributed by atoms with E-state index in [0.29, 0.717) is 16.9 Å². The van der Waals surface area contributed by atoms with Gasteiger partial charge < -0.3 is 26.6 Å². The first-order valence-electron chi connectivity index (χ1n) is 11.5. The molecule has 2 aromatic carbocycles. The summed E-state index contributed by atoms with van der Waals surface area (Å²) in [6, 6.07) is 14.1. The molecule has 1 heterocycles. The first-order valence-corrected chi connectivity index (χ1v) is 11.5. The number of carbonyl (C=O) groups excluding carboxylic acids is 2. The van der Waals surface area contributed by atoms with Gasteiger partial charge in [-0.1, -0.05) is 18.2 Å². The van der Waals surface area contributed by atoms with Crippen molar-refractivity contribution in [1.29, 1.82) is 0 Å². The Hall–Kier alpha value is -5.06. The van der Waals surface area contributed by atoms with Crippen LogP contribution in [0.15, 0.2) is 67.0 Å². The van der Waals surface area contributed by atoms with Gasteiger partial charge in [-0.05, 0) is 59.5 Å². The number of nitrogens with one attached hydrogen (secondary N) is 2. The van der Waals surface area contributed by atoms with Crippen molar-refractivity contribution in [2.24, 2.45) is 5.73 Å². The summed E-state index contributed by atoms with van der Waals surface area (Å²) in [5.41, 5.74) is 9.29. The summed E-state index contributed by atoms with van der Waals surface area (Å²) in [7, 11) is 0. The van der Waals surface area contributed by atoms with E-state index in [-0.39, 0.29) is 18.1 Å². The number of carboxylic acid groups (broad SMARTS) is 2. The lowest BCUT2D eigenvalue weighted by Gasteiger charge is -2.16. The maximum atomic E-state index is 13.3. The number of anilines is 2. The fourth-order valence-electron chi connectivity index (χ4n) is 2.91. The molecule has 0 aliphatic rings. The zero-order valence-electron chi connectivity index (χ0n) is 21.8. The van der Waals surface area contributed by atoms with E-state index in [1.807, 2.05) is 18.2 Å². The fourth-order valence-corrected chi connectivity index (χ4v) is 2.91. The average molecular weight is 620 g/mol. The van der Waals surface area contributed by atoms with Gasteiger partial charge in [-0.25, -0.2) is 14.0 Å². The van der Waals surface area contributed by atoms with E-state index < -0.39 is 36.2 Å². The van der Waals surface area contributed by atoms with E-state index in [1.165, 1.54) is 19.1 Å². The van der Waals surface area contributed by atoms with E-state index in [2.05, 4.69) is 15.6 Å². The first kappa shape index (κ1) is 36.0. The number of benzene rings is 2. The number of carboxylic acids is 2. The molecule has 1 aromatic heterocycles. The van der Waals surface area contributed by atoms with Gasteiger partial charge in [0.2, 0.25) is 11.8 Å². The number of rotatable bonds is 6. The molecule has 17 heteroatoms. The van der Waals surface area contributed by atoms with Crippen molar-refractivity contribution < 1.29 is 60.1 Å². The molecule has 0 fully saturated rings. The Labute approximate surface area is 238 Å². The SMILES string of the molecule is CC(=O)Nc1cc(-c2ccncc2)ccc1NC(=O)[C@H](N)Cc1cccc(F)c1.O=C(O)C(F)(F)F.O=C(O)C(F)(F)F. The monoisotopic (exact) mass is 620 g/mol. The van der Waals surface area contributed by atoms with E-state index >= 15 is 0 Å². The summed E-state index contributed by atoms with van der Waals surface area (Å²) in [4.78, 5) is 45.9. The second-order valence-electron chi connectivity index (χ2n) is 8.21. The van der Waals surface area contributed by atoms with Crippen LogP contribution in [0.25, 0.3) is 11.1 Å². The average Bonchev–Trinajstić information content (AvgIpc) is 2.89. The van der Waals surface area contributed by atoms with Gasteiger partial charge in [0, 0.05) is 19.3 Å². The summed E-state index contributed by atoms with van der Waals surface area (Å²) in [6.07, 6.45) is -6.63. The van der Waals surface area contributed by atoms with Gasteiger partial charge in [0.1, 0.15) is 5.82 Å². The quantitative estimate of drug-likeness (QED) is 0.249. The Morgan fingerprint density at radius 3 is 1.81 bits per heavy atom. The maximum absolute atomic E-state index is 13.3. The van der Waals surface area contributed by atoms with Crippen molar-refractivity contribution in [3.63, 3.8) is 0 Å². The fraction of sp³-hybridized carbons (Fsp3) is 0.192. The second kappa shape index (κ2) is 15.8. The van der Waals surface area contributed by atoms with Crippen LogP contribution >= 0.6 is 0 Å². The summed E-state index contributed by atoms with van der Waals surface area (Å²) < 4.78 is 76.8. The third-order valence-corrected chi connectivity index (χ3v) is 4.77. The minimum Gasteiger partial charge on any atom is -0.475 e. The molecule has 3 rings (SSSR count). The number of halogens is 7. The van der Waals surface area contributed by atoms with Gasteiger partial charge in [0.05, 0.1) is 17.4 Å². The molecule has 232 valence electrons. The molecule has 0 aliphatic heterocycles. The highest BCUT2D eigenvalue weighted by Gasteiger charge is 2.38. The number of hydrogen-bond acceptors (Lipinski definition) is 6. The van der Waals surface area contributed by atoms with Gasteiger partial charge in [-0.3, -0.25) is 14.6 Å². The normalized spacial score (nSPS) is 11.5. The van der Waals surface area contributed by atoms with Crippen LogP contribution in [-0.2, 0) is 25.6 Å². The molecule has 0 spiro atoms. The molecule has 2 amide bonds. The standard InChI is InChI=1S/C22H21FN4O2.2C2HF3O2/c1-14(28)26-21-13-17(16-7-9-25-10-8-16)5-6-20(21)27-22(29)19(24)12-15-3-2-4-18(23)11-15;2*3-2(4,5)1(6)7/h2-11,13,19H,12,24H2,1H3,(H,26,28)(H,27,29);2*(H,6,7)/t19-;;/m1../s1. The van der Waals surface area contributed by atoms with Crippen LogP contribution in [0.2, 0.25) is 0 Å². The number of amides is 2. The third kappa shape index (κ3) is 13.4. The van der Waals surface area contributed by atoms with Crippen molar-refractivity contribution in [3.8, 4) is 11.1 Å². The summed E-state index contributed by atoms with van der Waals surface area (Å²) in [6.45, 7) is 1.39. The van der Waals surface area contributed by atoms with Crippen LogP contribution in [0.1, 0.15) is 12.5 Å². The van der Waals surface area contributed by atoms with Crippen LogP contribution in [0, 0.1) is 5.82 Å². The minimum atomic E-state index is -5.08. The molecule has 0 saturated carbocycles. The molecule has 0 bridgehead atoms. The number of nitrogens with two attached hydrogens (primary N) is 1. The number of pyridine rings is 1. The zero-order chi connectivity index (χ0) is 33.0. The summed E-state index contributed by atoms with van der Waals surface area (Å²) >= 11 is 0. The number of hydrogen-bond donors (Lipinski definition) is 5. The number of alkyl halides is 6. The van der Waals surface area contributed by atoms with Crippen LogP contribution in [-0.4, -0.2) is 57.3 Å². The van der Waals surface area contributed by atoms with Crippen molar-refractivity contribution in [2.45, 2.75) is 31.7 Å². The molecule has 3 aromatic rings. The molecule has 0 unspecified atom stereocenters. The Balaban J connectivity index is 0.000000548. The number of carbonyl (C=O) groups is 4. The largest absolute Gasteiger partial charge is 0.490 e. The number of aliphatic carboxylic acids is 2. The van der Waals surface area contributed by atoms with Crippen molar-refractivity contribution >= 4 is 35.1 Å². The van der Waals surface area contributed by atoms with E-state index in [9.17, 15) is 40.3 Å². The summed E-state index contributed by atoms with van der Waals surface area (Å²) in [5.74, 6) is -6.59. The Bertz CT molecular complexity index is 1390. The number of aromatic nitrogens is 1. The van der Waals surface area contributed by atoms with Crippen molar-refractivity contribution in [2.75, 3.05) is 10.6 Å². The van der Waals surface area contributed by atoms with Crippen LogP contribution in [0.4, 0.5) is 42.1 Å². The van der Waals surface area contributed by atoms with E-state index in [4.69, 9.17) is 25.5 Å². The van der Waals surface area contributed by atoms with E-state index in [1.54, 1.807) is 36.7 Å². The highest BCUT2D eigenvalue weighted by atomic mass is 19.4. The Morgan fingerprint density at radius 2 is 1.35 bits per heavy atom. The molecule has 43 heavy (non-hydrogen) atoms. The van der Waals surface area contributed by atoms with Crippen LogP contribution in [0.5, 0.6) is 0 Å². The third-order valence-electron chi connectivity index (χ3n) is 4.77. The minimum absolute atomic E-state index is 0.189. The van der Waals surface area contributed by atoms with Crippen LogP contribution in [0.3, 0.4) is 0 Å². The predicted molar refractivity (Wildman–Crippen MR) is 138 cm³/mol. The molecular formula is C26H23F7N4O6. The zero-order valence-corrected chi connectivity index (χ0v) is 21.8. The molecule has 0 saturated heterocycles. The molecule has 1 atom stereocenters. The molecule has 0 aliphatic carbocycles. The molecule has 6 N–H and O–H groups in total. The first-order chi connectivity index (χ1) is 19.8. The highest BCUT2D eigenvalue weighted by molar-refractivity contribution is 6.01. The van der Waals surface area contributed by atoms with Crippen molar-refractivity contribution in [1.82, 2.24) is 4.98 Å². The van der Waals surface area contributed by atoms with Gasteiger partial charge >= 0.3 is 24.3 Å². The van der Waals surface area contributed by atoms with Gasteiger partial charge in [0.15, 0.2) is 0 Å². The summed E-state index contributed by atoms with van der Waals surface area (Å²) in [5, 5.41) is 19.7. The highest BCUT2D eigenvalue weighted by Crippen LogP contribution is 2.29. The predicted octanol–water partition coefficient (Wildman–Crippen LogP) is 4.62. The maximum Gasteiger partial charge on any atom is 0.490 e. The molecule has 10 nitrogen and oxygen atoms in total. The van der Waals surface area contributed by atoms with Gasteiger partial charge in [-0.15, -0.1) is 0 Å². The van der Waals surface area contributed by atoms with Gasteiger partial charge in [-0.2, -0.15) is 26.3 Å². The Morgan fingerprint density at radius 1 is 0.814 bits per heavy atom. The Kier molecular flexibility index (Phi) is 13.2.